The molecule has 1 aromatic carbocycles. The van der Waals surface area contributed by atoms with E-state index < -0.39 is 29.0 Å². The molecule has 0 saturated heterocycles. The van der Waals surface area contributed by atoms with E-state index in [9.17, 15) is 22.8 Å². The second kappa shape index (κ2) is 6.66. The van der Waals surface area contributed by atoms with Crippen molar-refractivity contribution < 1.29 is 32.6 Å². The summed E-state index contributed by atoms with van der Waals surface area (Å²) in [6.45, 7) is 1.18. The number of benzene rings is 1. The first kappa shape index (κ1) is 17.1. The van der Waals surface area contributed by atoms with Crippen LogP contribution in [0.4, 0.5) is 13.2 Å². The molecule has 0 aliphatic rings. The molecule has 116 valence electrons. The third-order valence-electron chi connectivity index (χ3n) is 2.44. The number of hydrogen-bond donors (Lipinski definition) is 2. The number of alkyl halides is 3. The van der Waals surface area contributed by atoms with Crippen LogP contribution in [-0.2, 0) is 11.3 Å². The number of aromatic carboxylic acids is 1. The summed E-state index contributed by atoms with van der Waals surface area (Å²) in [6.07, 6.45) is -4.84. The minimum Gasteiger partial charge on any atom is -0.478 e. The number of carboxylic acids is 1. The Morgan fingerprint density at radius 1 is 1.38 bits per heavy atom. The summed E-state index contributed by atoms with van der Waals surface area (Å²) in [5, 5.41) is 10.8. The molecule has 21 heavy (non-hydrogen) atoms. The average Bonchev–Trinajstić information content (AvgIpc) is 2.35. The molecule has 0 fully saturated rings. The maximum Gasteiger partial charge on any atom is 0.573 e. The predicted molar refractivity (Wildman–Crippen MR) is 67.2 cm³/mol. The highest BCUT2D eigenvalue weighted by molar-refractivity contribution is 6.34. The van der Waals surface area contributed by atoms with Crippen LogP contribution >= 0.6 is 11.6 Å². The summed E-state index contributed by atoms with van der Waals surface area (Å²) in [6, 6.07) is 1.74. The van der Waals surface area contributed by atoms with Crippen molar-refractivity contribution in [1.29, 1.82) is 0 Å². The Hall–Kier alpha value is -1.96. The minimum absolute atomic E-state index is 0.117. The van der Waals surface area contributed by atoms with Gasteiger partial charge in [0.05, 0.1) is 10.6 Å². The third kappa shape index (κ3) is 4.82. The van der Waals surface area contributed by atoms with Gasteiger partial charge >= 0.3 is 12.3 Å². The van der Waals surface area contributed by atoms with Gasteiger partial charge in [0.15, 0.2) is 0 Å². The average molecular weight is 326 g/mol. The first-order valence-corrected chi connectivity index (χ1v) is 6.10. The molecule has 0 bridgehead atoms. The van der Waals surface area contributed by atoms with E-state index in [2.05, 4.69) is 10.1 Å². The maximum atomic E-state index is 12.3. The van der Waals surface area contributed by atoms with Crippen LogP contribution in [0.15, 0.2) is 12.1 Å². The van der Waals surface area contributed by atoms with Gasteiger partial charge in [-0.1, -0.05) is 18.5 Å². The molecule has 0 saturated carbocycles. The molecular weight excluding hydrogens is 315 g/mol. The number of nitrogens with one attached hydrogen (secondary N) is 1. The first-order chi connectivity index (χ1) is 9.65. The van der Waals surface area contributed by atoms with E-state index in [1.165, 1.54) is 0 Å². The molecule has 0 atom stereocenters. The fraction of sp³-hybridized carbons (Fsp3) is 0.333. The fourth-order valence-corrected chi connectivity index (χ4v) is 1.77. The number of halogens is 4. The lowest BCUT2D eigenvalue weighted by Crippen LogP contribution is -2.24. The zero-order valence-corrected chi connectivity index (χ0v) is 11.5. The lowest BCUT2D eigenvalue weighted by molar-refractivity contribution is -0.274. The van der Waals surface area contributed by atoms with Crippen LogP contribution < -0.4 is 10.1 Å². The molecule has 0 heterocycles. The number of ether oxygens (including phenoxy) is 1. The Balaban J connectivity index is 3.21. The van der Waals surface area contributed by atoms with Crippen LogP contribution in [0.5, 0.6) is 5.75 Å². The van der Waals surface area contributed by atoms with Gasteiger partial charge in [0, 0.05) is 18.5 Å². The Morgan fingerprint density at radius 2 is 2.00 bits per heavy atom. The van der Waals surface area contributed by atoms with Crippen LogP contribution in [0, 0.1) is 0 Å². The largest absolute Gasteiger partial charge is 0.573 e. The van der Waals surface area contributed by atoms with Gasteiger partial charge in [0.1, 0.15) is 5.75 Å². The highest BCUT2D eigenvalue weighted by Gasteiger charge is 2.33. The Bertz CT molecular complexity index is 560. The fourth-order valence-electron chi connectivity index (χ4n) is 1.47. The normalized spacial score (nSPS) is 11.1. The van der Waals surface area contributed by atoms with Gasteiger partial charge in [-0.3, -0.25) is 4.79 Å². The third-order valence-corrected chi connectivity index (χ3v) is 2.87. The summed E-state index contributed by atoms with van der Waals surface area (Å²) >= 11 is 5.78. The van der Waals surface area contributed by atoms with Crippen molar-refractivity contribution >= 4 is 23.5 Å². The van der Waals surface area contributed by atoms with E-state index in [1.54, 1.807) is 6.92 Å². The highest BCUT2D eigenvalue weighted by Crippen LogP contribution is 2.33. The molecule has 1 aromatic rings. The van der Waals surface area contributed by atoms with Crippen molar-refractivity contribution in [2.45, 2.75) is 26.3 Å². The topological polar surface area (TPSA) is 75.6 Å². The predicted octanol–water partition coefficient (Wildman–Crippen LogP) is 2.96. The molecule has 1 amide bonds. The monoisotopic (exact) mass is 325 g/mol. The molecule has 0 spiro atoms. The zero-order valence-electron chi connectivity index (χ0n) is 10.8. The molecule has 0 aliphatic carbocycles. The second-order valence-corrected chi connectivity index (χ2v) is 4.26. The highest BCUT2D eigenvalue weighted by atomic mass is 35.5. The SMILES string of the molecule is CCC(=O)NCc1c(OC(F)(F)F)ccc(C(=O)O)c1Cl. The van der Waals surface area contributed by atoms with Crippen molar-refractivity contribution in [1.82, 2.24) is 5.32 Å². The van der Waals surface area contributed by atoms with Crippen molar-refractivity contribution in [3.05, 3.63) is 28.3 Å². The van der Waals surface area contributed by atoms with Crippen LogP contribution in [0.3, 0.4) is 0 Å². The van der Waals surface area contributed by atoms with Crippen LogP contribution in [-0.4, -0.2) is 23.3 Å². The lowest BCUT2D eigenvalue weighted by atomic mass is 10.1. The minimum atomic E-state index is -4.96. The lowest BCUT2D eigenvalue weighted by Gasteiger charge is -2.16. The molecular formula is C12H11ClF3NO4. The standard InChI is InChI=1S/C12H11ClF3NO4/c1-2-9(18)17-5-7-8(21-12(14,15)16)4-3-6(10(7)13)11(19)20/h3-4H,2,5H2,1H3,(H,17,18)(H,19,20). The molecule has 0 radical (unpaired) electrons. The van der Waals surface area contributed by atoms with E-state index in [0.29, 0.717) is 0 Å². The van der Waals surface area contributed by atoms with Gasteiger partial charge in [-0.2, -0.15) is 0 Å². The molecule has 0 aromatic heterocycles. The van der Waals surface area contributed by atoms with Crippen LogP contribution in [0.1, 0.15) is 29.3 Å². The number of amides is 1. The van der Waals surface area contributed by atoms with Crippen molar-refractivity contribution in [3.63, 3.8) is 0 Å². The van der Waals surface area contributed by atoms with E-state index in [0.717, 1.165) is 12.1 Å². The van der Waals surface area contributed by atoms with Gasteiger partial charge in [0.2, 0.25) is 5.91 Å². The van der Waals surface area contributed by atoms with E-state index in [-0.39, 0.29) is 24.1 Å². The first-order valence-electron chi connectivity index (χ1n) is 5.72. The van der Waals surface area contributed by atoms with Gasteiger partial charge in [-0.15, -0.1) is 13.2 Å². The Kier molecular flexibility index (Phi) is 5.42. The Morgan fingerprint density at radius 3 is 2.48 bits per heavy atom. The number of carbonyl (C=O) groups excluding carboxylic acids is 1. The summed E-state index contributed by atoms with van der Waals surface area (Å²) < 4.78 is 40.7. The summed E-state index contributed by atoms with van der Waals surface area (Å²) in [5.74, 6) is -2.49. The zero-order chi connectivity index (χ0) is 16.2. The van der Waals surface area contributed by atoms with Crippen LogP contribution in [0.2, 0.25) is 5.02 Å². The van der Waals surface area contributed by atoms with E-state index >= 15 is 0 Å². The number of carbonyl (C=O) groups is 2. The molecule has 5 nitrogen and oxygen atoms in total. The van der Waals surface area contributed by atoms with Crippen LogP contribution in [0.25, 0.3) is 0 Å². The maximum absolute atomic E-state index is 12.3. The summed E-state index contributed by atoms with van der Waals surface area (Å²) in [5.41, 5.74) is -0.636. The van der Waals surface area contributed by atoms with Gasteiger partial charge in [-0.05, 0) is 12.1 Å². The van der Waals surface area contributed by atoms with Gasteiger partial charge < -0.3 is 15.2 Å². The van der Waals surface area contributed by atoms with Gasteiger partial charge in [-0.25, -0.2) is 4.79 Å². The molecule has 2 N–H and O–H groups in total. The Labute approximate surface area is 122 Å². The quantitative estimate of drug-likeness (QED) is 0.872. The van der Waals surface area contributed by atoms with Crippen molar-refractivity contribution in [2.24, 2.45) is 0 Å². The number of rotatable bonds is 5. The number of carboxylic acid groups (broad SMARTS) is 1. The molecule has 0 unspecified atom stereocenters. The van der Waals surface area contributed by atoms with Gasteiger partial charge in [0.25, 0.3) is 0 Å². The number of hydrogen-bond acceptors (Lipinski definition) is 3. The van der Waals surface area contributed by atoms with Crippen molar-refractivity contribution in [3.8, 4) is 5.75 Å². The smallest absolute Gasteiger partial charge is 0.478 e. The second-order valence-electron chi connectivity index (χ2n) is 3.89. The summed E-state index contributed by atoms with van der Waals surface area (Å²) in [7, 11) is 0. The van der Waals surface area contributed by atoms with Crippen molar-refractivity contribution in [2.75, 3.05) is 0 Å². The van der Waals surface area contributed by atoms with E-state index in [4.69, 9.17) is 16.7 Å². The molecule has 1 rings (SSSR count). The molecule has 9 heteroatoms. The molecule has 0 aliphatic heterocycles. The summed E-state index contributed by atoms with van der Waals surface area (Å²) in [4.78, 5) is 22.1. The van der Waals surface area contributed by atoms with E-state index in [1.807, 2.05) is 0 Å².